The van der Waals surface area contributed by atoms with Crippen molar-refractivity contribution in [3.8, 4) is 0 Å². The lowest BCUT2D eigenvalue weighted by Crippen LogP contribution is -2.15. The van der Waals surface area contributed by atoms with Crippen LogP contribution < -0.4 is 0 Å². The van der Waals surface area contributed by atoms with Crippen LogP contribution in [-0.2, 0) is 16.6 Å². The third-order valence-electron chi connectivity index (χ3n) is 3.65. The van der Waals surface area contributed by atoms with Gasteiger partial charge in [-0.15, -0.1) is 0 Å². The summed E-state index contributed by atoms with van der Waals surface area (Å²) in [6.07, 6.45) is 3.70. The Balaban J connectivity index is 2.22. The smallest absolute Gasteiger partial charge is 0.317 e. The highest BCUT2D eigenvalue weighted by atomic mass is 16.5. The zero-order valence-corrected chi connectivity index (χ0v) is 12.0. The number of hydrogen-bond acceptors (Lipinski definition) is 3. The van der Waals surface area contributed by atoms with Gasteiger partial charge in [0.05, 0.1) is 7.11 Å². The minimum absolute atomic E-state index is 0.266. The van der Waals surface area contributed by atoms with Crippen LogP contribution >= 0.6 is 0 Å². The monoisotopic (exact) mass is 280 g/mol. The van der Waals surface area contributed by atoms with Gasteiger partial charge in [-0.1, -0.05) is 30.3 Å². The third kappa shape index (κ3) is 2.29. The molecule has 0 saturated carbocycles. The lowest BCUT2D eigenvalue weighted by molar-refractivity contribution is -0.141. The maximum atomic E-state index is 12.3. The van der Waals surface area contributed by atoms with Crippen molar-refractivity contribution in [2.45, 2.75) is 5.92 Å². The third-order valence-corrected chi connectivity index (χ3v) is 3.65. The summed E-state index contributed by atoms with van der Waals surface area (Å²) in [7, 11) is 3.35. The topological polar surface area (TPSA) is 44.1 Å². The predicted octanol–water partition coefficient (Wildman–Crippen LogP) is 2.88. The highest BCUT2D eigenvalue weighted by Gasteiger charge is 2.27. The quantitative estimate of drug-likeness (QED) is 0.693. The number of carbonyl (C=O) groups excluding carboxylic acids is 1. The summed E-state index contributed by atoms with van der Waals surface area (Å²) in [4.78, 5) is 16.7. The molecule has 0 amide bonds. The number of esters is 1. The average molecular weight is 280 g/mol. The van der Waals surface area contributed by atoms with Crippen molar-refractivity contribution in [2.24, 2.45) is 7.05 Å². The summed E-state index contributed by atoms with van der Waals surface area (Å²) >= 11 is 0. The summed E-state index contributed by atoms with van der Waals surface area (Å²) in [5, 5.41) is 0.972. The maximum Gasteiger partial charge on any atom is 0.317 e. The first-order chi connectivity index (χ1) is 10.2. The fourth-order valence-electron chi connectivity index (χ4n) is 2.68. The molecule has 1 unspecified atom stereocenters. The number of aryl methyl sites for hydroxylation is 1. The number of fused-ring (bicyclic) bond motifs is 1. The molecular weight excluding hydrogens is 264 g/mol. The second-order valence-electron chi connectivity index (χ2n) is 4.94. The van der Waals surface area contributed by atoms with Crippen molar-refractivity contribution >= 4 is 17.0 Å². The highest BCUT2D eigenvalue weighted by molar-refractivity contribution is 5.90. The van der Waals surface area contributed by atoms with Gasteiger partial charge in [0.1, 0.15) is 11.6 Å². The maximum absolute atomic E-state index is 12.3. The molecular formula is C17H16N2O2. The number of aromatic nitrogens is 2. The molecule has 0 N–H and O–H groups in total. The fourth-order valence-corrected chi connectivity index (χ4v) is 2.68. The molecule has 1 aromatic carbocycles. The molecule has 4 heteroatoms. The Morgan fingerprint density at radius 1 is 1.19 bits per heavy atom. The number of nitrogens with zero attached hydrogens (tertiary/aromatic N) is 2. The van der Waals surface area contributed by atoms with Gasteiger partial charge in [0.25, 0.3) is 0 Å². The van der Waals surface area contributed by atoms with Gasteiger partial charge in [0.2, 0.25) is 0 Å². The first-order valence-corrected chi connectivity index (χ1v) is 6.75. The normalized spacial score (nSPS) is 12.3. The minimum Gasteiger partial charge on any atom is -0.468 e. The van der Waals surface area contributed by atoms with Crippen LogP contribution in [0.5, 0.6) is 0 Å². The van der Waals surface area contributed by atoms with Gasteiger partial charge in [-0.25, -0.2) is 4.98 Å². The molecule has 3 rings (SSSR count). The summed E-state index contributed by atoms with van der Waals surface area (Å²) in [6, 6.07) is 13.5. The molecule has 0 radical (unpaired) electrons. The molecule has 4 nitrogen and oxygen atoms in total. The average Bonchev–Trinajstić information content (AvgIpc) is 2.86. The van der Waals surface area contributed by atoms with Gasteiger partial charge in [-0.3, -0.25) is 4.79 Å². The Morgan fingerprint density at radius 3 is 2.67 bits per heavy atom. The van der Waals surface area contributed by atoms with Crippen LogP contribution in [-0.4, -0.2) is 22.6 Å². The first-order valence-electron chi connectivity index (χ1n) is 6.75. The van der Waals surface area contributed by atoms with Crippen molar-refractivity contribution in [2.75, 3.05) is 7.11 Å². The SMILES string of the molecule is COC(=O)C(c1ccccc1)c1cn(C)c2ncccc12. The Kier molecular flexibility index (Phi) is 3.44. The van der Waals surface area contributed by atoms with Gasteiger partial charge in [-0.05, 0) is 23.3 Å². The lowest BCUT2D eigenvalue weighted by Gasteiger charge is -2.14. The number of benzene rings is 1. The van der Waals surface area contributed by atoms with Crippen LogP contribution in [0, 0.1) is 0 Å². The number of hydrogen-bond donors (Lipinski definition) is 0. The van der Waals surface area contributed by atoms with E-state index in [1.54, 1.807) is 6.20 Å². The second kappa shape index (κ2) is 5.40. The van der Waals surface area contributed by atoms with Crippen LogP contribution in [0.15, 0.2) is 54.9 Å². The molecule has 0 spiro atoms. The summed E-state index contributed by atoms with van der Waals surface area (Å²) in [5.74, 6) is -0.707. The van der Waals surface area contributed by atoms with Crippen LogP contribution in [0.2, 0.25) is 0 Å². The van der Waals surface area contributed by atoms with E-state index >= 15 is 0 Å². The number of pyridine rings is 1. The molecule has 1 atom stereocenters. The Hall–Kier alpha value is -2.62. The zero-order valence-electron chi connectivity index (χ0n) is 12.0. The van der Waals surface area contributed by atoms with E-state index in [1.807, 2.05) is 60.3 Å². The van der Waals surface area contributed by atoms with Crippen molar-refractivity contribution < 1.29 is 9.53 Å². The number of rotatable bonds is 3. The highest BCUT2D eigenvalue weighted by Crippen LogP contribution is 2.32. The molecule has 3 aromatic rings. The van der Waals surface area contributed by atoms with E-state index in [9.17, 15) is 4.79 Å². The molecule has 0 saturated heterocycles. The minimum atomic E-state index is -0.441. The van der Waals surface area contributed by atoms with Gasteiger partial charge in [0.15, 0.2) is 0 Å². The zero-order chi connectivity index (χ0) is 14.8. The van der Waals surface area contributed by atoms with E-state index in [0.717, 1.165) is 22.2 Å². The molecule has 2 aromatic heterocycles. The van der Waals surface area contributed by atoms with E-state index in [4.69, 9.17) is 4.74 Å². The number of methoxy groups -OCH3 is 1. The number of carbonyl (C=O) groups is 1. The second-order valence-corrected chi connectivity index (χ2v) is 4.94. The van der Waals surface area contributed by atoms with Crippen LogP contribution in [0.4, 0.5) is 0 Å². The molecule has 0 aliphatic heterocycles. The standard InChI is InChI=1S/C17H16N2O2/c1-19-11-14(13-9-6-10-18-16(13)19)15(17(20)21-2)12-7-4-3-5-8-12/h3-11,15H,1-2H3. The first kappa shape index (κ1) is 13.4. The molecule has 0 bridgehead atoms. The van der Waals surface area contributed by atoms with E-state index in [-0.39, 0.29) is 5.97 Å². The van der Waals surface area contributed by atoms with Crippen LogP contribution in [0.1, 0.15) is 17.0 Å². The van der Waals surface area contributed by atoms with Crippen LogP contribution in [0.25, 0.3) is 11.0 Å². The predicted molar refractivity (Wildman–Crippen MR) is 81.0 cm³/mol. The van der Waals surface area contributed by atoms with Gasteiger partial charge >= 0.3 is 5.97 Å². The van der Waals surface area contributed by atoms with Crippen LogP contribution in [0.3, 0.4) is 0 Å². The summed E-state index contributed by atoms with van der Waals surface area (Å²) in [5.41, 5.74) is 2.69. The molecule has 0 aliphatic carbocycles. The van der Waals surface area contributed by atoms with E-state index < -0.39 is 5.92 Å². The van der Waals surface area contributed by atoms with Crippen molar-refractivity contribution in [3.63, 3.8) is 0 Å². The van der Waals surface area contributed by atoms with Crippen molar-refractivity contribution in [1.82, 2.24) is 9.55 Å². The molecule has 0 aliphatic rings. The van der Waals surface area contributed by atoms with Crippen molar-refractivity contribution in [1.29, 1.82) is 0 Å². The summed E-state index contributed by atoms with van der Waals surface area (Å²) in [6.45, 7) is 0. The van der Waals surface area contributed by atoms with Gasteiger partial charge in [-0.2, -0.15) is 0 Å². The summed E-state index contributed by atoms with van der Waals surface area (Å²) < 4.78 is 6.94. The van der Waals surface area contributed by atoms with E-state index in [1.165, 1.54) is 7.11 Å². The Morgan fingerprint density at radius 2 is 1.95 bits per heavy atom. The van der Waals surface area contributed by atoms with Gasteiger partial charge in [0, 0.05) is 24.8 Å². The Bertz CT molecular complexity index is 778. The molecule has 0 fully saturated rings. The molecule has 106 valence electrons. The van der Waals surface area contributed by atoms with E-state index in [2.05, 4.69) is 4.98 Å². The van der Waals surface area contributed by atoms with E-state index in [0.29, 0.717) is 0 Å². The Labute approximate surface area is 123 Å². The molecule has 2 heterocycles. The number of ether oxygens (including phenoxy) is 1. The molecule has 21 heavy (non-hydrogen) atoms. The fraction of sp³-hybridized carbons (Fsp3) is 0.176. The van der Waals surface area contributed by atoms with Crippen molar-refractivity contribution in [3.05, 3.63) is 66.0 Å². The van der Waals surface area contributed by atoms with Gasteiger partial charge < -0.3 is 9.30 Å². The largest absolute Gasteiger partial charge is 0.468 e. The lowest BCUT2D eigenvalue weighted by atomic mass is 9.91.